The first kappa shape index (κ1) is 12.1. The number of nitrogens with zero attached hydrogens (tertiary/aromatic N) is 2. The Hall–Kier alpha value is -2.00. The average Bonchev–Trinajstić information content (AvgIpc) is 2.70. The van der Waals surface area contributed by atoms with Crippen LogP contribution in [0.3, 0.4) is 0 Å². The van der Waals surface area contributed by atoms with Crippen LogP contribution in [0.1, 0.15) is 11.1 Å². The molecule has 0 amide bonds. The zero-order valence-electron chi connectivity index (χ0n) is 10.8. The van der Waals surface area contributed by atoms with E-state index in [0.29, 0.717) is 11.0 Å². The highest BCUT2D eigenvalue weighted by Crippen LogP contribution is 2.30. The van der Waals surface area contributed by atoms with Gasteiger partial charge in [0.25, 0.3) is 0 Å². The maximum Gasteiger partial charge on any atom is 0.205 e. The molecule has 0 bridgehead atoms. The zero-order chi connectivity index (χ0) is 13.6. The summed E-state index contributed by atoms with van der Waals surface area (Å²) < 4.78 is 1.92. The number of fused-ring (bicyclic) bond motifs is 1. The summed E-state index contributed by atoms with van der Waals surface area (Å²) in [5.74, 6) is 0.455. The fraction of sp³-hybridized carbons (Fsp3) is 0.133. The maximum absolute atomic E-state index is 6.30. The Morgan fingerprint density at radius 3 is 2.74 bits per heavy atom. The van der Waals surface area contributed by atoms with E-state index in [1.807, 2.05) is 22.8 Å². The van der Waals surface area contributed by atoms with E-state index >= 15 is 0 Å². The Morgan fingerprint density at radius 2 is 1.95 bits per heavy atom. The fourth-order valence-corrected chi connectivity index (χ4v) is 2.56. The lowest BCUT2D eigenvalue weighted by Gasteiger charge is -2.11. The van der Waals surface area contributed by atoms with E-state index < -0.39 is 0 Å². The van der Waals surface area contributed by atoms with Crippen molar-refractivity contribution in [3.8, 4) is 5.69 Å². The van der Waals surface area contributed by atoms with Crippen LogP contribution in [0, 0.1) is 13.8 Å². The van der Waals surface area contributed by atoms with E-state index in [0.717, 1.165) is 22.3 Å². The third-order valence-electron chi connectivity index (χ3n) is 3.26. The number of hydrogen-bond acceptors (Lipinski definition) is 2. The van der Waals surface area contributed by atoms with Gasteiger partial charge in [0.15, 0.2) is 0 Å². The second kappa shape index (κ2) is 4.28. The van der Waals surface area contributed by atoms with E-state index in [4.69, 9.17) is 17.3 Å². The third-order valence-corrected chi connectivity index (χ3v) is 3.56. The number of anilines is 1. The Bertz CT molecular complexity index is 774. The molecule has 1 aromatic heterocycles. The van der Waals surface area contributed by atoms with Crippen molar-refractivity contribution in [3.63, 3.8) is 0 Å². The standard InChI is InChI=1S/C15H14ClN3/c1-9-6-7-10(2)13(8-9)19-14-11(16)4-3-5-12(14)18-15(19)17/h3-8H,1-2H3,(H2,17,18). The highest BCUT2D eigenvalue weighted by atomic mass is 35.5. The fourth-order valence-electron chi connectivity index (χ4n) is 2.31. The lowest BCUT2D eigenvalue weighted by Crippen LogP contribution is -2.03. The van der Waals surface area contributed by atoms with Crippen LogP contribution in [-0.2, 0) is 0 Å². The van der Waals surface area contributed by atoms with Crippen molar-refractivity contribution in [3.05, 3.63) is 52.5 Å². The number of aryl methyl sites for hydroxylation is 2. The third kappa shape index (κ3) is 1.87. The van der Waals surface area contributed by atoms with Gasteiger partial charge >= 0.3 is 0 Å². The highest BCUT2D eigenvalue weighted by molar-refractivity contribution is 6.35. The van der Waals surface area contributed by atoms with Crippen molar-refractivity contribution in [1.82, 2.24) is 9.55 Å². The van der Waals surface area contributed by atoms with Gasteiger partial charge in [-0.05, 0) is 43.2 Å². The van der Waals surface area contributed by atoms with Crippen LogP contribution >= 0.6 is 11.6 Å². The molecule has 0 spiro atoms. The SMILES string of the molecule is Cc1ccc(C)c(-n2c(N)nc3cccc(Cl)c32)c1. The summed E-state index contributed by atoms with van der Waals surface area (Å²) in [5.41, 5.74) is 11.1. The highest BCUT2D eigenvalue weighted by Gasteiger charge is 2.14. The van der Waals surface area contributed by atoms with E-state index in [1.54, 1.807) is 0 Å². The number of nitrogen functional groups attached to an aromatic ring is 1. The normalized spacial score (nSPS) is 11.1. The molecule has 0 saturated carbocycles. The van der Waals surface area contributed by atoms with Gasteiger partial charge in [-0.3, -0.25) is 4.57 Å². The molecule has 2 aromatic carbocycles. The van der Waals surface area contributed by atoms with Crippen LogP contribution in [-0.4, -0.2) is 9.55 Å². The van der Waals surface area contributed by atoms with Crippen LogP contribution in [0.4, 0.5) is 5.95 Å². The number of benzene rings is 2. The van der Waals surface area contributed by atoms with Crippen LogP contribution < -0.4 is 5.73 Å². The Morgan fingerprint density at radius 1 is 1.16 bits per heavy atom. The molecule has 4 heteroatoms. The van der Waals surface area contributed by atoms with Gasteiger partial charge in [0.1, 0.15) is 0 Å². The minimum Gasteiger partial charge on any atom is -0.369 e. The zero-order valence-corrected chi connectivity index (χ0v) is 11.6. The summed E-state index contributed by atoms with van der Waals surface area (Å²) in [6.07, 6.45) is 0. The van der Waals surface area contributed by atoms with Crippen LogP contribution in [0.2, 0.25) is 5.02 Å². The van der Waals surface area contributed by atoms with Crippen LogP contribution in [0.15, 0.2) is 36.4 Å². The van der Waals surface area contributed by atoms with Gasteiger partial charge in [-0.25, -0.2) is 4.98 Å². The first-order valence-corrected chi connectivity index (χ1v) is 6.46. The first-order chi connectivity index (χ1) is 9.08. The number of nitrogens with two attached hydrogens (primary N) is 1. The molecule has 19 heavy (non-hydrogen) atoms. The molecule has 1 heterocycles. The van der Waals surface area contributed by atoms with E-state index in [-0.39, 0.29) is 0 Å². The van der Waals surface area contributed by atoms with Crippen molar-refractivity contribution in [2.45, 2.75) is 13.8 Å². The van der Waals surface area contributed by atoms with Gasteiger partial charge in [0.05, 0.1) is 21.7 Å². The molecule has 2 N–H and O–H groups in total. The second-order valence-electron chi connectivity index (χ2n) is 4.70. The molecule has 0 aliphatic carbocycles. The Labute approximate surface area is 116 Å². The van der Waals surface area contributed by atoms with Crippen LogP contribution in [0.5, 0.6) is 0 Å². The molecule has 0 fully saturated rings. The van der Waals surface area contributed by atoms with Crippen molar-refractivity contribution in [2.75, 3.05) is 5.73 Å². The second-order valence-corrected chi connectivity index (χ2v) is 5.11. The number of hydrogen-bond donors (Lipinski definition) is 1. The molecule has 0 saturated heterocycles. The summed E-state index contributed by atoms with van der Waals surface area (Å²) in [4.78, 5) is 4.38. The van der Waals surface area contributed by atoms with Gasteiger partial charge < -0.3 is 5.73 Å². The molecule has 0 unspecified atom stereocenters. The smallest absolute Gasteiger partial charge is 0.205 e. The number of para-hydroxylation sites is 1. The van der Waals surface area contributed by atoms with E-state index in [2.05, 4.69) is 37.0 Å². The van der Waals surface area contributed by atoms with Gasteiger partial charge in [0.2, 0.25) is 5.95 Å². The molecule has 0 atom stereocenters. The van der Waals surface area contributed by atoms with Gasteiger partial charge in [-0.15, -0.1) is 0 Å². The van der Waals surface area contributed by atoms with Gasteiger partial charge in [-0.1, -0.05) is 29.8 Å². The number of halogens is 1. The number of imidazole rings is 1. The molecular formula is C15H14ClN3. The Balaban J connectivity index is 2.42. The lowest BCUT2D eigenvalue weighted by molar-refractivity contribution is 1.08. The molecule has 0 radical (unpaired) electrons. The van der Waals surface area contributed by atoms with E-state index in [9.17, 15) is 0 Å². The number of rotatable bonds is 1. The number of aromatic nitrogens is 2. The lowest BCUT2D eigenvalue weighted by atomic mass is 10.1. The predicted molar refractivity (Wildman–Crippen MR) is 80.0 cm³/mol. The summed E-state index contributed by atoms with van der Waals surface area (Å²) in [6.45, 7) is 4.11. The average molecular weight is 272 g/mol. The molecule has 3 rings (SSSR count). The maximum atomic E-state index is 6.30. The first-order valence-electron chi connectivity index (χ1n) is 6.08. The molecular weight excluding hydrogens is 258 g/mol. The summed E-state index contributed by atoms with van der Waals surface area (Å²) in [6, 6.07) is 11.9. The summed E-state index contributed by atoms with van der Waals surface area (Å²) >= 11 is 6.30. The Kier molecular flexibility index (Phi) is 2.72. The topological polar surface area (TPSA) is 43.8 Å². The van der Waals surface area contributed by atoms with Crippen molar-refractivity contribution in [1.29, 1.82) is 0 Å². The molecule has 3 aromatic rings. The van der Waals surface area contributed by atoms with Crippen molar-refractivity contribution in [2.24, 2.45) is 0 Å². The summed E-state index contributed by atoms with van der Waals surface area (Å²) in [7, 11) is 0. The molecule has 3 nitrogen and oxygen atoms in total. The van der Waals surface area contributed by atoms with Crippen molar-refractivity contribution >= 4 is 28.6 Å². The monoisotopic (exact) mass is 271 g/mol. The van der Waals surface area contributed by atoms with Crippen molar-refractivity contribution < 1.29 is 0 Å². The van der Waals surface area contributed by atoms with Crippen LogP contribution in [0.25, 0.3) is 16.7 Å². The minimum absolute atomic E-state index is 0.455. The summed E-state index contributed by atoms with van der Waals surface area (Å²) in [5, 5.41) is 0.655. The van der Waals surface area contributed by atoms with Gasteiger partial charge in [0, 0.05) is 0 Å². The largest absolute Gasteiger partial charge is 0.369 e. The molecule has 96 valence electrons. The van der Waals surface area contributed by atoms with Gasteiger partial charge in [-0.2, -0.15) is 0 Å². The molecule has 0 aliphatic rings. The van der Waals surface area contributed by atoms with E-state index in [1.165, 1.54) is 5.56 Å². The predicted octanol–water partition coefficient (Wildman–Crippen LogP) is 3.88. The molecule has 0 aliphatic heterocycles. The minimum atomic E-state index is 0.455. The quantitative estimate of drug-likeness (QED) is 0.730.